The minimum Gasteiger partial charge on any atom is -0.453 e. The molecule has 102 valence electrons. The molecule has 2 aliphatic heterocycles. The van der Waals surface area contributed by atoms with E-state index in [4.69, 9.17) is 0 Å². The first-order chi connectivity index (χ1) is 8.55. The van der Waals surface area contributed by atoms with Crippen LogP contribution in [-0.2, 0) is 9.53 Å². The van der Waals surface area contributed by atoms with Gasteiger partial charge in [0, 0.05) is 19.6 Å². The fourth-order valence-corrected chi connectivity index (χ4v) is 2.67. The third kappa shape index (κ3) is 2.58. The molecule has 2 amide bonds. The molecule has 0 bridgehead atoms. The smallest absolute Gasteiger partial charge is 0.407 e. The molecule has 0 radical (unpaired) electrons. The van der Waals surface area contributed by atoms with Gasteiger partial charge in [-0.1, -0.05) is 0 Å². The van der Waals surface area contributed by atoms with Crippen molar-refractivity contribution in [1.29, 1.82) is 0 Å². The number of nitrogens with zero attached hydrogens (tertiary/aromatic N) is 1. The average molecular weight is 255 g/mol. The molecular weight excluding hydrogens is 234 g/mol. The highest BCUT2D eigenvalue weighted by Gasteiger charge is 2.41. The minimum absolute atomic E-state index is 0.0133. The number of likely N-dealkylation sites (tertiary alicyclic amines) is 1. The lowest BCUT2D eigenvalue weighted by Gasteiger charge is -2.28. The van der Waals surface area contributed by atoms with Gasteiger partial charge in [-0.3, -0.25) is 4.79 Å². The van der Waals surface area contributed by atoms with E-state index in [2.05, 4.69) is 15.4 Å². The summed E-state index contributed by atoms with van der Waals surface area (Å²) in [6, 6.07) is 0.0133. The van der Waals surface area contributed by atoms with E-state index in [1.807, 2.05) is 11.8 Å². The van der Waals surface area contributed by atoms with Gasteiger partial charge in [-0.15, -0.1) is 0 Å². The van der Waals surface area contributed by atoms with Gasteiger partial charge in [-0.2, -0.15) is 0 Å². The van der Waals surface area contributed by atoms with E-state index in [0.29, 0.717) is 13.1 Å². The maximum absolute atomic E-state index is 12.4. The van der Waals surface area contributed by atoms with Crippen LogP contribution in [0, 0.1) is 5.41 Å². The van der Waals surface area contributed by atoms with E-state index >= 15 is 0 Å². The normalized spacial score (nSPS) is 31.4. The quantitative estimate of drug-likeness (QED) is 0.725. The topological polar surface area (TPSA) is 70.7 Å². The molecule has 2 atom stereocenters. The summed E-state index contributed by atoms with van der Waals surface area (Å²) >= 11 is 0. The molecule has 6 heteroatoms. The van der Waals surface area contributed by atoms with Crippen molar-refractivity contribution >= 4 is 12.0 Å². The number of alkyl carbamates (subject to hydrolysis) is 1. The lowest BCUT2D eigenvalue weighted by atomic mass is 9.88. The summed E-state index contributed by atoms with van der Waals surface area (Å²) in [4.78, 5) is 25.4. The number of ether oxygens (including phenoxy) is 1. The number of carbonyl (C=O) groups excluding carboxylic acids is 2. The van der Waals surface area contributed by atoms with Crippen LogP contribution < -0.4 is 10.6 Å². The second-order valence-electron chi connectivity index (χ2n) is 5.36. The zero-order valence-electron chi connectivity index (χ0n) is 11.0. The summed E-state index contributed by atoms with van der Waals surface area (Å²) in [5, 5.41) is 5.98. The molecule has 0 aliphatic carbocycles. The maximum Gasteiger partial charge on any atom is 0.407 e. The molecule has 2 saturated heterocycles. The zero-order valence-corrected chi connectivity index (χ0v) is 11.0. The van der Waals surface area contributed by atoms with E-state index < -0.39 is 6.09 Å². The number of nitrogens with one attached hydrogen (secondary N) is 2. The highest BCUT2D eigenvalue weighted by Crippen LogP contribution is 2.28. The third-order valence-corrected chi connectivity index (χ3v) is 3.87. The van der Waals surface area contributed by atoms with Crippen LogP contribution in [0.3, 0.4) is 0 Å². The van der Waals surface area contributed by atoms with Crippen LogP contribution in [-0.4, -0.2) is 56.2 Å². The second-order valence-corrected chi connectivity index (χ2v) is 5.36. The summed E-state index contributed by atoms with van der Waals surface area (Å²) in [6.45, 7) is 4.96. The third-order valence-electron chi connectivity index (χ3n) is 3.87. The van der Waals surface area contributed by atoms with Gasteiger partial charge >= 0.3 is 6.09 Å². The van der Waals surface area contributed by atoms with E-state index in [1.54, 1.807) is 0 Å². The Bertz CT molecular complexity index is 339. The van der Waals surface area contributed by atoms with Crippen molar-refractivity contribution < 1.29 is 14.3 Å². The molecule has 0 aromatic carbocycles. The fourth-order valence-electron chi connectivity index (χ4n) is 2.67. The Balaban J connectivity index is 1.88. The standard InChI is InChI=1S/C12H21N3O3/c1-12(4-5-13-8-12)10(16)15-6-3-9(7-15)14-11(17)18-2/h9,13H,3-8H2,1-2H3,(H,14,17). The molecular formula is C12H21N3O3. The van der Waals surface area contributed by atoms with Gasteiger partial charge in [0.25, 0.3) is 0 Å². The Morgan fingerprint density at radius 3 is 2.89 bits per heavy atom. The van der Waals surface area contributed by atoms with Crippen molar-refractivity contribution in [2.24, 2.45) is 5.41 Å². The molecule has 2 rings (SSSR count). The Morgan fingerprint density at radius 1 is 1.50 bits per heavy atom. The number of rotatable bonds is 2. The highest BCUT2D eigenvalue weighted by molar-refractivity contribution is 5.83. The van der Waals surface area contributed by atoms with Crippen LogP contribution in [0.4, 0.5) is 4.79 Å². The number of methoxy groups -OCH3 is 1. The number of hydrogen-bond acceptors (Lipinski definition) is 4. The molecule has 0 aromatic heterocycles. The molecule has 6 nitrogen and oxygen atoms in total. The largest absolute Gasteiger partial charge is 0.453 e. The summed E-state index contributed by atoms with van der Waals surface area (Å²) in [7, 11) is 1.35. The molecule has 2 N–H and O–H groups in total. The fraction of sp³-hybridized carbons (Fsp3) is 0.833. The molecule has 18 heavy (non-hydrogen) atoms. The van der Waals surface area contributed by atoms with Crippen molar-refractivity contribution in [2.75, 3.05) is 33.3 Å². The molecule has 2 aliphatic rings. The van der Waals surface area contributed by atoms with Gasteiger partial charge < -0.3 is 20.3 Å². The number of hydrogen-bond donors (Lipinski definition) is 2. The highest BCUT2D eigenvalue weighted by atomic mass is 16.5. The molecule has 2 fully saturated rings. The van der Waals surface area contributed by atoms with Gasteiger partial charge in [-0.25, -0.2) is 4.79 Å². The predicted octanol–water partition coefficient (Wildman–Crippen LogP) is -0.0571. The van der Waals surface area contributed by atoms with Gasteiger partial charge in [0.15, 0.2) is 0 Å². The lowest BCUT2D eigenvalue weighted by Crippen LogP contribution is -2.44. The molecule has 0 aromatic rings. The van der Waals surface area contributed by atoms with Gasteiger partial charge in [0.05, 0.1) is 18.6 Å². The Labute approximate surface area is 107 Å². The number of amides is 2. The second kappa shape index (κ2) is 5.14. The minimum atomic E-state index is -0.428. The predicted molar refractivity (Wildman–Crippen MR) is 66.1 cm³/mol. The van der Waals surface area contributed by atoms with Crippen LogP contribution >= 0.6 is 0 Å². The summed E-state index contributed by atoms with van der Waals surface area (Å²) < 4.78 is 4.56. The van der Waals surface area contributed by atoms with Gasteiger partial charge in [-0.05, 0) is 26.3 Å². The first-order valence-corrected chi connectivity index (χ1v) is 6.40. The van der Waals surface area contributed by atoms with Crippen LogP contribution in [0.5, 0.6) is 0 Å². The van der Waals surface area contributed by atoms with E-state index in [9.17, 15) is 9.59 Å². The molecule has 0 saturated carbocycles. The Hall–Kier alpha value is -1.30. The van der Waals surface area contributed by atoms with Crippen LogP contribution in [0.1, 0.15) is 19.8 Å². The summed E-state index contributed by atoms with van der Waals surface area (Å²) in [5.74, 6) is 0.196. The SMILES string of the molecule is COC(=O)NC1CCN(C(=O)C2(C)CCNC2)C1. The zero-order chi connectivity index (χ0) is 13.2. The molecule has 2 unspecified atom stereocenters. The summed E-state index contributed by atoms with van der Waals surface area (Å²) in [6.07, 6.45) is 1.25. The maximum atomic E-state index is 12.4. The Morgan fingerprint density at radius 2 is 2.28 bits per heavy atom. The van der Waals surface area contributed by atoms with Crippen molar-refractivity contribution in [3.8, 4) is 0 Å². The van der Waals surface area contributed by atoms with Crippen molar-refractivity contribution in [3.63, 3.8) is 0 Å². The Kier molecular flexibility index (Phi) is 3.75. The van der Waals surface area contributed by atoms with Crippen LogP contribution in [0.15, 0.2) is 0 Å². The first kappa shape index (κ1) is 13.1. The van der Waals surface area contributed by atoms with E-state index in [0.717, 1.165) is 25.9 Å². The van der Waals surface area contributed by atoms with E-state index in [-0.39, 0.29) is 17.4 Å². The average Bonchev–Trinajstić information content (AvgIpc) is 2.98. The van der Waals surface area contributed by atoms with Crippen molar-refractivity contribution in [2.45, 2.75) is 25.8 Å². The lowest BCUT2D eigenvalue weighted by molar-refractivity contribution is -0.139. The summed E-state index contributed by atoms with van der Waals surface area (Å²) in [5.41, 5.74) is -0.278. The number of carbonyl (C=O) groups is 2. The van der Waals surface area contributed by atoms with E-state index in [1.165, 1.54) is 7.11 Å². The van der Waals surface area contributed by atoms with Crippen molar-refractivity contribution in [1.82, 2.24) is 15.5 Å². The van der Waals surface area contributed by atoms with Gasteiger partial charge in [0.1, 0.15) is 0 Å². The molecule has 0 spiro atoms. The monoisotopic (exact) mass is 255 g/mol. The first-order valence-electron chi connectivity index (χ1n) is 6.40. The van der Waals surface area contributed by atoms with Gasteiger partial charge in [0.2, 0.25) is 5.91 Å². The van der Waals surface area contributed by atoms with Crippen LogP contribution in [0.25, 0.3) is 0 Å². The molecule has 2 heterocycles. The van der Waals surface area contributed by atoms with Crippen LogP contribution in [0.2, 0.25) is 0 Å². The van der Waals surface area contributed by atoms with Crippen molar-refractivity contribution in [3.05, 3.63) is 0 Å².